The third kappa shape index (κ3) is 18.1. The topological polar surface area (TPSA) is 57.5 Å². The molecule has 2 N–H and O–H groups in total. The largest absolute Gasteiger partial charge is 0.481 e. The number of rotatable bonds is 23. The Morgan fingerprint density at radius 2 is 1.21 bits per heavy atom. The van der Waals surface area contributed by atoms with Gasteiger partial charge in [-0.05, 0) is 31.4 Å². The van der Waals surface area contributed by atoms with Gasteiger partial charge >= 0.3 is 5.97 Å². The minimum Gasteiger partial charge on any atom is -0.481 e. The van der Waals surface area contributed by atoms with E-state index in [-0.39, 0.29) is 11.7 Å². The number of thioether (sulfide) groups is 1. The Morgan fingerprint density at radius 1 is 0.727 bits per heavy atom. The summed E-state index contributed by atoms with van der Waals surface area (Å²) in [5.41, 5.74) is 0. The number of hydrogen-bond acceptors (Lipinski definition) is 3. The average molecular weight is 479 g/mol. The molecule has 0 aromatic heterocycles. The Kier molecular flexibility index (Phi) is 19.6. The molecule has 3 nitrogen and oxygen atoms in total. The predicted octanol–water partition coefficient (Wildman–Crippen LogP) is 9.02. The molecule has 0 heterocycles. The Labute approximate surface area is 208 Å². The van der Waals surface area contributed by atoms with Crippen molar-refractivity contribution >= 4 is 17.7 Å². The Balaban J connectivity index is 2.10. The number of benzene rings is 1. The van der Waals surface area contributed by atoms with E-state index in [1.807, 2.05) is 18.2 Å². The van der Waals surface area contributed by atoms with Crippen molar-refractivity contribution in [1.29, 1.82) is 0 Å². The molecule has 0 radical (unpaired) electrons. The van der Waals surface area contributed by atoms with Crippen molar-refractivity contribution in [3.05, 3.63) is 30.3 Å². The van der Waals surface area contributed by atoms with Crippen LogP contribution in [0.1, 0.15) is 129 Å². The first-order valence-electron chi connectivity index (χ1n) is 13.7. The van der Waals surface area contributed by atoms with Gasteiger partial charge in [0, 0.05) is 16.6 Å². The number of aliphatic hydroxyl groups excluding tert-OH is 1. The fourth-order valence-electron chi connectivity index (χ4n) is 4.37. The zero-order valence-electron chi connectivity index (χ0n) is 21.2. The normalized spacial score (nSPS) is 13.2. The van der Waals surface area contributed by atoms with Crippen molar-refractivity contribution in [3.8, 4) is 0 Å². The smallest absolute Gasteiger partial charge is 0.303 e. The standard InChI is InChI=1S/C29H50O3S/c1-2-3-4-5-6-7-8-9-10-11-12-13-14-15-19-24-28(27(30)23-20-25-29(31)32)33-26-21-17-16-18-22-26/h16-18,21-22,27-28,30H,2-15,19-20,23-25H2,1H3,(H,31,32). The van der Waals surface area contributed by atoms with Crippen molar-refractivity contribution in [2.24, 2.45) is 0 Å². The maximum atomic E-state index is 10.8. The highest BCUT2D eigenvalue weighted by Crippen LogP contribution is 2.31. The molecule has 1 aromatic rings. The molecular formula is C29H50O3S. The monoisotopic (exact) mass is 478 g/mol. The third-order valence-corrected chi connectivity index (χ3v) is 7.84. The summed E-state index contributed by atoms with van der Waals surface area (Å²) >= 11 is 1.74. The van der Waals surface area contributed by atoms with Gasteiger partial charge in [-0.1, -0.05) is 121 Å². The summed E-state index contributed by atoms with van der Waals surface area (Å²) in [4.78, 5) is 12.0. The van der Waals surface area contributed by atoms with Gasteiger partial charge in [0.25, 0.3) is 0 Å². The number of carboxylic acids is 1. The summed E-state index contributed by atoms with van der Waals surface area (Å²) < 4.78 is 0. The average Bonchev–Trinajstić information content (AvgIpc) is 2.81. The van der Waals surface area contributed by atoms with Gasteiger partial charge in [0.1, 0.15) is 0 Å². The van der Waals surface area contributed by atoms with Gasteiger partial charge in [0.2, 0.25) is 0 Å². The van der Waals surface area contributed by atoms with Crippen LogP contribution in [0.5, 0.6) is 0 Å². The molecule has 1 aromatic carbocycles. The Hall–Kier alpha value is -1.00. The van der Waals surface area contributed by atoms with Crippen LogP contribution in [-0.4, -0.2) is 27.5 Å². The molecule has 0 saturated carbocycles. The highest BCUT2D eigenvalue weighted by Gasteiger charge is 2.20. The van der Waals surface area contributed by atoms with Crippen LogP contribution in [0.2, 0.25) is 0 Å². The zero-order valence-corrected chi connectivity index (χ0v) is 22.0. The van der Waals surface area contributed by atoms with Crippen LogP contribution in [0.3, 0.4) is 0 Å². The SMILES string of the molecule is CCCCCCCCCCCCCCCCCC(Sc1ccccc1)C(O)CCCC(=O)O. The number of hydrogen-bond donors (Lipinski definition) is 2. The lowest BCUT2D eigenvalue weighted by Gasteiger charge is -2.22. The van der Waals surface area contributed by atoms with E-state index in [2.05, 4.69) is 19.1 Å². The zero-order chi connectivity index (χ0) is 24.0. The highest BCUT2D eigenvalue weighted by atomic mass is 32.2. The van der Waals surface area contributed by atoms with Gasteiger partial charge in [0.15, 0.2) is 0 Å². The maximum Gasteiger partial charge on any atom is 0.303 e. The molecule has 190 valence electrons. The highest BCUT2D eigenvalue weighted by molar-refractivity contribution is 8.00. The molecule has 2 atom stereocenters. The third-order valence-electron chi connectivity index (χ3n) is 6.44. The number of unbranched alkanes of at least 4 members (excludes halogenated alkanes) is 14. The summed E-state index contributed by atoms with van der Waals surface area (Å²) in [6, 6.07) is 10.3. The fourth-order valence-corrected chi connectivity index (χ4v) is 5.61. The molecule has 0 aliphatic carbocycles. The molecular weight excluding hydrogens is 428 g/mol. The molecule has 1 rings (SSSR count). The number of carbonyl (C=O) groups is 1. The molecule has 0 saturated heterocycles. The first-order valence-corrected chi connectivity index (χ1v) is 14.6. The van der Waals surface area contributed by atoms with Gasteiger partial charge in [0.05, 0.1) is 6.10 Å². The van der Waals surface area contributed by atoms with Crippen LogP contribution >= 0.6 is 11.8 Å². The summed E-state index contributed by atoms with van der Waals surface area (Å²) in [7, 11) is 0. The molecule has 0 bridgehead atoms. The maximum absolute atomic E-state index is 10.8. The van der Waals surface area contributed by atoms with E-state index in [0.29, 0.717) is 12.8 Å². The van der Waals surface area contributed by atoms with Gasteiger partial charge in [-0.25, -0.2) is 0 Å². The summed E-state index contributed by atoms with van der Waals surface area (Å²) in [6.45, 7) is 2.28. The molecule has 0 amide bonds. The molecule has 0 aliphatic rings. The van der Waals surface area contributed by atoms with Crippen LogP contribution in [0.4, 0.5) is 0 Å². The van der Waals surface area contributed by atoms with Crippen molar-refractivity contribution < 1.29 is 15.0 Å². The van der Waals surface area contributed by atoms with Crippen LogP contribution < -0.4 is 0 Å². The van der Waals surface area contributed by atoms with Crippen LogP contribution in [0, 0.1) is 0 Å². The van der Waals surface area contributed by atoms with E-state index >= 15 is 0 Å². The summed E-state index contributed by atoms with van der Waals surface area (Å²) in [5, 5.41) is 19.7. The van der Waals surface area contributed by atoms with Gasteiger partial charge < -0.3 is 10.2 Å². The lowest BCUT2D eigenvalue weighted by Crippen LogP contribution is -2.23. The quantitative estimate of drug-likeness (QED) is 0.122. The van der Waals surface area contributed by atoms with E-state index in [1.165, 1.54) is 94.8 Å². The van der Waals surface area contributed by atoms with Crippen LogP contribution in [-0.2, 0) is 4.79 Å². The van der Waals surface area contributed by atoms with Crippen molar-refractivity contribution in [2.75, 3.05) is 0 Å². The van der Waals surface area contributed by atoms with E-state index < -0.39 is 12.1 Å². The number of carboxylic acid groups (broad SMARTS) is 1. The molecule has 4 heteroatoms. The molecule has 0 aliphatic heterocycles. The Morgan fingerprint density at radius 3 is 1.70 bits per heavy atom. The van der Waals surface area contributed by atoms with Crippen LogP contribution in [0.25, 0.3) is 0 Å². The molecule has 0 fully saturated rings. The predicted molar refractivity (Wildman–Crippen MR) is 143 cm³/mol. The summed E-state index contributed by atoms with van der Waals surface area (Å²) in [6.07, 6.45) is 22.2. The fraction of sp³-hybridized carbons (Fsp3) is 0.759. The second kappa shape index (κ2) is 21.5. The number of aliphatic hydroxyl groups is 1. The van der Waals surface area contributed by atoms with Gasteiger partial charge in [-0.3, -0.25) is 4.79 Å². The van der Waals surface area contributed by atoms with Gasteiger partial charge in [-0.15, -0.1) is 11.8 Å². The van der Waals surface area contributed by atoms with E-state index in [4.69, 9.17) is 5.11 Å². The van der Waals surface area contributed by atoms with Gasteiger partial charge in [-0.2, -0.15) is 0 Å². The molecule has 33 heavy (non-hydrogen) atoms. The second-order valence-electron chi connectivity index (χ2n) is 9.56. The van der Waals surface area contributed by atoms with Crippen molar-refractivity contribution in [2.45, 2.75) is 145 Å². The number of aliphatic carboxylic acids is 1. The van der Waals surface area contributed by atoms with Crippen molar-refractivity contribution in [1.82, 2.24) is 0 Å². The molecule has 2 unspecified atom stereocenters. The Bertz CT molecular complexity index is 563. The lowest BCUT2D eigenvalue weighted by atomic mass is 10.0. The minimum absolute atomic E-state index is 0.138. The first kappa shape index (κ1) is 30.0. The van der Waals surface area contributed by atoms with Crippen molar-refractivity contribution in [3.63, 3.8) is 0 Å². The second-order valence-corrected chi connectivity index (χ2v) is 10.9. The summed E-state index contributed by atoms with van der Waals surface area (Å²) in [5.74, 6) is -0.781. The van der Waals surface area contributed by atoms with E-state index in [1.54, 1.807) is 11.8 Å². The van der Waals surface area contributed by atoms with E-state index in [9.17, 15) is 9.90 Å². The minimum atomic E-state index is -0.781. The lowest BCUT2D eigenvalue weighted by molar-refractivity contribution is -0.137. The molecule has 0 spiro atoms. The first-order chi connectivity index (χ1) is 16.1. The van der Waals surface area contributed by atoms with E-state index in [0.717, 1.165) is 12.8 Å². The van der Waals surface area contributed by atoms with Crippen LogP contribution in [0.15, 0.2) is 35.2 Å².